The first-order valence-electron chi connectivity index (χ1n) is 8.09. The van der Waals surface area contributed by atoms with E-state index in [1.165, 1.54) is 7.11 Å². The molecule has 6 heteroatoms. The smallest absolute Gasteiger partial charge is 0.338 e. The monoisotopic (exact) mass is 352 g/mol. The van der Waals surface area contributed by atoms with Crippen LogP contribution in [-0.4, -0.2) is 30.7 Å². The number of carbonyl (C=O) groups excluding carboxylic acids is 2. The van der Waals surface area contributed by atoms with Crippen LogP contribution in [0.3, 0.4) is 0 Å². The highest BCUT2D eigenvalue weighted by molar-refractivity contribution is 6.07. The molecule has 2 aromatic carbocycles. The highest BCUT2D eigenvalue weighted by atomic mass is 16.5. The minimum atomic E-state index is -0.437. The molecule has 0 fully saturated rings. The number of aryl methyl sites for hydroxylation is 2. The molecule has 134 valence electrons. The third-order valence-electron chi connectivity index (χ3n) is 4.40. The van der Waals surface area contributed by atoms with Gasteiger partial charge in [0.1, 0.15) is 11.4 Å². The van der Waals surface area contributed by atoms with Crippen LogP contribution in [0.1, 0.15) is 26.4 Å². The fourth-order valence-electron chi connectivity index (χ4n) is 2.95. The second-order valence-corrected chi connectivity index (χ2v) is 5.96. The SMILES string of the molecule is COC(=O)c1cc(NC(=O)c2cc3c(OC)cccc3n2C)ccc1C. The van der Waals surface area contributed by atoms with E-state index in [4.69, 9.17) is 9.47 Å². The average Bonchev–Trinajstić information content (AvgIpc) is 2.99. The van der Waals surface area contributed by atoms with Crippen molar-refractivity contribution >= 4 is 28.5 Å². The van der Waals surface area contributed by atoms with Gasteiger partial charge in [0.25, 0.3) is 5.91 Å². The fourth-order valence-corrected chi connectivity index (χ4v) is 2.95. The van der Waals surface area contributed by atoms with Crippen LogP contribution in [0.2, 0.25) is 0 Å². The molecule has 1 N–H and O–H groups in total. The maximum Gasteiger partial charge on any atom is 0.338 e. The molecule has 0 bridgehead atoms. The predicted molar refractivity (Wildman–Crippen MR) is 99.9 cm³/mol. The Morgan fingerprint density at radius 2 is 1.85 bits per heavy atom. The van der Waals surface area contributed by atoms with E-state index in [-0.39, 0.29) is 5.91 Å². The topological polar surface area (TPSA) is 69.6 Å². The fraction of sp³-hybridized carbons (Fsp3) is 0.200. The van der Waals surface area contributed by atoms with Crippen LogP contribution in [0.5, 0.6) is 5.75 Å². The lowest BCUT2D eigenvalue weighted by Crippen LogP contribution is -2.16. The second-order valence-electron chi connectivity index (χ2n) is 5.96. The Morgan fingerprint density at radius 3 is 2.54 bits per heavy atom. The highest BCUT2D eigenvalue weighted by Crippen LogP contribution is 2.28. The van der Waals surface area contributed by atoms with Crippen LogP contribution < -0.4 is 10.1 Å². The van der Waals surface area contributed by atoms with Crippen molar-refractivity contribution in [3.8, 4) is 5.75 Å². The van der Waals surface area contributed by atoms with Crippen molar-refractivity contribution < 1.29 is 19.1 Å². The summed E-state index contributed by atoms with van der Waals surface area (Å²) < 4.78 is 11.9. The van der Waals surface area contributed by atoms with E-state index < -0.39 is 5.97 Å². The van der Waals surface area contributed by atoms with E-state index in [2.05, 4.69) is 5.32 Å². The third-order valence-corrected chi connectivity index (χ3v) is 4.40. The lowest BCUT2D eigenvalue weighted by molar-refractivity contribution is 0.0599. The summed E-state index contributed by atoms with van der Waals surface area (Å²) in [6, 6.07) is 12.6. The minimum Gasteiger partial charge on any atom is -0.496 e. The quantitative estimate of drug-likeness (QED) is 0.729. The van der Waals surface area contributed by atoms with Crippen molar-refractivity contribution in [2.24, 2.45) is 7.05 Å². The zero-order valence-corrected chi connectivity index (χ0v) is 15.1. The van der Waals surface area contributed by atoms with Gasteiger partial charge in [-0.15, -0.1) is 0 Å². The molecule has 1 amide bonds. The summed E-state index contributed by atoms with van der Waals surface area (Å²) in [5, 5.41) is 3.70. The minimum absolute atomic E-state index is 0.273. The summed E-state index contributed by atoms with van der Waals surface area (Å²) >= 11 is 0. The van der Waals surface area contributed by atoms with Crippen LogP contribution >= 0.6 is 0 Å². The van der Waals surface area contributed by atoms with Gasteiger partial charge in [0.15, 0.2) is 0 Å². The number of rotatable bonds is 4. The average molecular weight is 352 g/mol. The molecular formula is C20H20N2O4. The first-order valence-corrected chi connectivity index (χ1v) is 8.09. The number of amides is 1. The summed E-state index contributed by atoms with van der Waals surface area (Å²) in [6.45, 7) is 1.81. The molecule has 3 aromatic rings. The number of aromatic nitrogens is 1. The molecule has 0 aliphatic carbocycles. The van der Waals surface area contributed by atoms with Gasteiger partial charge in [-0.2, -0.15) is 0 Å². The lowest BCUT2D eigenvalue weighted by atomic mass is 10.1. The largest absolute Gasteiger partial charge is 0.496 e. The number of esters is 1. The van der Waals surface area contributed by atoms with Gasteiger partial charge in [-0.1, -0.05) is 12.1 Å². The molecular weight excluding hydrogens is 332 g/mol. The van der Waals surface area contributed by atoms with Crippen molar-refractivity contribution in [1.82, 2.24) is 4.57 Å². The zero-order valence-electron chi connectivity index (χ0n) is 15.1. The van der Waals surface area contributed by atoms with Gasteiger partial charge in [0.05, 0.1) is 25.3 Å². The van der Waals surface area contributed by atoms with Crippen LogP contribution in [-0.2, 0) is 11.8 Å². The molecule has 3 rings (SSSR count). The number of fused-ring (bicyclic) bond motifs is 1. The van der Waals surface area contributed by atoms with Gasteiger partial charge in [0, 0.05) is 18.1 Å². The van der Waals surface area contributed by atoms with Crippen LogP contribution in [0.15, 0.2) is 42.5 Å². The van der Waals surface area contributed by atoms with Crippen LogP contribution in [0.4, 0.5) is 5.69 Å². The van der Waals surface area contributed by atoms with Gasteiger partial charge in [-0.25, -0.2) is 4.79 Å². The molecule has 0 aliphatic rings. The number of nitrogens with zero attached hydrogens (tertiary/aromatic N) is 1. The molecule has 26 heavy (non-hydrogen) atoms. The summed E-state index contributed by atoms with van der Waals surface area (Å²) in [7, 11) is 4.75. The maximum absolute atomic E-state index is 12.8. The molecule has 1 heterocycles. The standard InChI is InChI=1S/C20H20N2O4/c1-12-8-9-13(10-14(12)20(24)26-4)21-19(23)17-11-15-16(22(17)2)6-5-7-18(15)25-3/h5-11H,1-4H3,(H,21,23). The number of benzene rings is 2. The molecule has 0 spiro atoms. The van der Waals surface area contributed by atoms with Gasteiger partial charge < -0.3 is 19.4 Å². The highest BCUT2D eigenvalue weighted by Gasteiger charge is 2.17. The molecule has 0 radical (unpaired) electrons. The molecule has 0 aliphatic heterocycles. The number of methoxy groups -OCH3 is 2. The predicted octanol–water partition coefficient (Wildman–Crippen LogP) is 3.53. The Bertz CT molecular complexity index is 1000. The molecule has 0 unspecified atom stereocenters. The molecule has 0 saturated heterocycles. The number of anilines is 1. The molecule has 1 aromatic heterocycles. The van der Waals surface area contributed by atoms with E-state index in [9.17, 15) is 9.59 Å². The van der Waals surface area contributed by atoms with Crippen molar-refractivity contribution in [2.75, 3.05) is 19.5 Å². The second kappa shape index (κ2) is 6.92. The number of carbonyl (C=O) groups is 2. The summed E-state index contributed by atoms with van der Waals surface area (Å²) in [5.41, 5.74) is 3.12. The molecule has 0 atom stereocenters. The van der Waals surface area contributed by atoms with Crippen molar-refractivity contribution in [3.05, 3.63) is 59.3 Å². The van der Waals surface area contributed by atoms with Crippen LogP contribution in [0.25, 0.3) is 10.9 Å². The first kappa shape index (κ1) is 17.5. The van der Waals surface area contributed by atoms with Gasteiger partial charge in [-0.05, 0) is 42.8 Å². The van der Waals surface area contributed by atoms with Crippen molar-refractivity contribution in [3.63, 3.8) is 0 Å². The number of nitrogens with one attached hydrogen (secondary N) is 1. The van der Waals surface area contributed by atoms with E-state index >= 15 is 0 Å². The Labute approximate surface area is 151 Å². The normalized spacial score (nSPS) is 10.6. The van der Waals surface area contributed by atoms with E-state index in [0.717, 1.165) is 16.5 Å². The Morgan fingerprint density at radius 1 is 1.08 bits per heavy atom. The Hall–Kier alpha value is -3.28. The molecule has 0 saturated carbocycles. The van der Waals surface area contributed by atoms with E-state index in [1.54, 1.807) is 31.4 Å². The van der Waals surface area contributed by atoms with Crippen molar-refractivity contribution in [2.45, 2.75) is 6.92 Å². The van der Waals surface area contributed by atoms with Crippen molar-refractivity contribution in [1.29, 1.82) is 0 Å². The number of hydrogen-bond acceptors (Lipinski definition) is 4. The summed E-state index contributed by atoms with van der Waals surface area (Å²) in [5.74, 6) is -0.00109. The van der Waals surface area contributed by atoms with Gasteiger partial charge in [-0.3, -0.25) is 4.79 Å². The molecule has 6 nitrogen and oxygen atoms in total. The Kier molecular flexibility index (Phi) is 4.67. The van der Waals surface area contributed by atoms with E-state index in [0.29, 0.717) is 22.7 Å². The number of ether oxygens (including phenoxy) is 2. The first-order chi connectivity index (χ1) is 12.5. The Balaban J connectivity index is 1.95. The summed E-state index contributed by atoms with van der Waals surface area (Å²) in [4.78, 5) is 24.6. The lowest BCUT2D eigenvalue weighted by Gasteiger charge is -2.09. The van der Waals surface area contributed by atoms with Gasteiger partial charge >= 0.3 is 5.97 Å². The zero-order chi connectivity index (χ0) is 18.8. The third kappa shape index (κ3) is 3.01. The van der Waals surface area contributed by atoms with E-state index in [1.807, 2.05) is 36.7 Å². The van der Waals surface area contributed by atoms with Gasteiger partial charge in [0.2, 0.25) is 0 Å². The maximum atomic E-state index is 12.8. The number of hydrogen-bond donors (Lipinski definition) is 1. The van der Waals surface area contributed by atoms with Crippen LogP contribution in [0, 0.1) is 6.92 Å². The summed E-state index contributed by atoms with van der Waals surface area (Å²) in [6.07, 6.45) is 0.